The molecule has 1 aromatic rings. The van der Waals surface area contributed by atoms with Gasteiger partial charge < -0.3 is 5.73 Å². The predicted octanol–water partition coefficient (Wildman–Crippen LogP) is 2.07. The van der Waals surface area contributed by atoms with E-state index in [1.54, 1.807) is 0 Å². The monoisotopic (exact) mass is 173 g/mol. The molecule has 0 aliphatic heterocycles. The molecule has 2 aliphatic carbocycles. The first kappa shape index (κ1) is 7.57. The zero-order valence-electron chi connectivity index (χ0n) is 7.74. The minimum absolute atomic E-state index is 0.390. The lowest BCUT2D eigenvalue weighted by Gasteiger charge is -2.15. The minimum Gasteiger partial charge on any atom is -0.327 e. The summed E-state index contributed by atoms with van der Waals surface area (Å²) in [6.07, 6.45) is 3.99. The van der Waals surface area contributed by atoms with E-state index in [1.807, 2.05) is 0 Å². The molecular weight excluding hydrogens is 158 g/mol. The first-order valence-corrected chi connectivity index (χ1v) is 5.15. The zero-order chi connectivity index (χ0) is 8.89. The quantitative estimate of drug-likeness (QED) is 0.728. The van der Waals surface area contributed by atoms with Gasteiger partial charge in [-0.05, 0) is 30.7 Å². The van der Waals surface area contributed by atoms with E-state index in [9.17, 15) is 0 Å². The second-order valence-electron chi connectivity index (χ2n) is 4.49. The van der Waals surface area contributed by atoms with E-state index in [4.69, 9.17) is 5.73 Å². The van der Waals surface area contributed by atoms with E-state index < -0.39 is 0 Å². The van der Waals surface area contributed by atoms with E-state index in [2.05, 4.69) is 30.3 Å². The van der Waals surface area contributed by atoms with Crippen LogP contribution in [0.5, 0.6) is 0 Å². The molecule has 13 heavy (non-hydrogen) atoms. The summed E-state index contributed by atoms with van der Waals surface area (Å²) < 4.78 is 0. The summed E-state index contributed by atoms with van der Waals surface area (Å²) in [5, 5.41) is 0. The van der Waals surface area contributed by atoms with Gasteiger partial charge in [0.1, 0.15) is 0 Å². The topological polar surface area (TPSA) is 26.0 Å². The zero-order valence-corrected chi connectivity index (χ0v) is 7.74. The third-order valence-electron chi connectivity index (χ3n) is 3.68. The number of rotatable bonds is 2. The summed E-state index contributed by atoms with van der Waals surface area (Å²) in [7, 11) is 0. The fourth-order valence-corrected chi connectivity index (χ4v) is 2.69. The van der Waals surface area contributed by atoms with Crippen LogP contribution in [0.3, 0.4) is 0 Å². The average Bonchev–Trinajstić information content (AvgIpc) is 3.00. The first-order valence-electron chi connectivity index (χ1n) is 5.15. The van der Waals surface area contributed by atoms with Crippen molar-refractivity contribution in [3.63, 3.8) is 0 Å². The SMILES string of the molecule is N[C@@H]1CC1(c1ccccc1)C1CC1. The third-order valence-corrected chi connectivity index (χ3v) is 3.68. The van der Waals surface area contributed by atoms with Crippen molar-refractivity contribution in [2.75, 3.05) is 0 Å². The Kier molecular flexibility index (Phi) is 1.37. The van der Waals surface area contributed by atoms with Crippen LogP contribution >= 0.6 is 0 Å². The molecule has 0 heterocycles. The van der Waals surface area contributed by atoms with Crippen LogP contribution in [0.2, 0.25) is 0 Å². The normalized spacial score (nSPS) is 37.5. The number of hydrogen-bond acceptors (Lipinski definition) is 1. The van der Waals surface area contributed by atoms with Crippen LogP contribution in [0.15, 0.2) is 30.3 Å². The molecule has 2 atom stereocenters. The maximum atomic E-state index is 6.07. The van der Waals surface area contributed by atoms with E-state index in [0.717, 1.165) is 5.92 Å². The molecule has 0 amide bonds. The van der Waals surface area contributed by atoms with Crippen molar-refractivity contribution in [2.45, 2.75) is 30.7 Å². The third kappa shape index (κ3) is 0.969. The van der Waals surface area contributed by atoms with Crippen molar-refractivity contribution in [1.82, 2.24) is 0 Å². The lowest BCUT2D eigenvalue weighted by molar-refractivity contribution is 0.573. The van der Waals surface area contributed by atoms with Crippen LogP contribution in [0.1, 0.15) is 24.8 Å². The van der Waals surface area contributed by atoms with Gasteiger partial charge in [0.05, 0.1) is 0 Å². The second-order valence-corrected chi connectivity index (χ2v) is 4.49. The number of hydrogen-bond donors (Lipinski definition) is 1. The molecule has 2 fully saturated rings. The van der Waals surface area contributed by atoms with Crippen LogP contribution in [0, 0.1) is 5.92 Å². The van der Waals surface area contributed by atoms with Gasteiger partial charge in [0, 0.05) is 11.5 Å². The molecule has 0 aromatic heterocycles. The lowest BCUT2D eigenvalue weighted by Crippen LogP contribution is -2.20. The summed E-state index contributed by atoms with van der Waals surface area (Å²) in [4.78, 5) is 0. The molecule has 3 rings (SSSR count). The van der Waals surface area contributed by atoms with Crippen molar-refractivity contribution in [1.29, 1.82) is 0 Å². The fraction of sp³-hybridized carbons (Fsp3) is 0.500. The Hall–Kier alpha value is -0.820. The van der Waals surface area contributed by atoms with Crippen molar-refractivity contribution in [2.24, 2.45) is 11.7 Å². The van der Waals surface area contributed by atoms with Crippen LogP contribution in [0.4, 0.5) is 0 Å². The molecule has 68 valence electrons. The minimum atomic E-state index is 0.390. The van der Waals surface area contributed by atoms with Gasteiger partial charge in [-0.3, -0.25) is 0 Å². The Labute approximate surface area is 78.9 Å². The fourth-order valence-electron chi connectivity index (χ4n) is 2.69. The molecule has 1 nitrogen and oxygen atoms in total. The van der Waals surface area contributed by atoms with Gasteiger partial charge in [-0.1, -0.05) is 30.3 Å². The maximum Gasteiger partial charge on any atom is 0.0149 e. The molecule has 2 saturated carbocycles. The van der Waals surface area contributed by atoms with Gasteiger partial charge in [0.15, 0.2) is 0 Å². The predicted molar refractivity (Wildman–Crippen MR) is 53.4 cm³/mol. The van der Waals surface area contributed by atoms with Gasteiger partial charge in [-0.2, -0.15) is 0 Å². The van der Waals surface area contributed by atoms with Crippen LogP contribution < -0.4 is 5.73 Å². The molecule has 0 radical (unpaired) electrons. The average molecular weight is 173 g/mol. The molecule has 1 heteroatoms. The van der Waals surface area contributed by atoms with Gasteiger partial charge in [0.2, 0.25) is 0 Å². The summed E-state index contributed by atoms with van der Waals surface area (Å²) in [6.45, 7) is 0. The van der Waals surface area contributed by atoms with Gasteiger partial charge in [-0.15, -0.1) is 0 Å². The Balaban J connectivity index is 1.99. The molecule has 1 unspecified atom stereocenters. The van der Waals surface area contributed by atoms with E-state index in [1.165, 1.54) is 24.8 Å². The molecule has 2 N–H and O–H groups in total. The Morgan fingerprint density at radius 3 is 2.23 bits per heavy atom. The highest BCUT2D eigenvalue weighted by atomic mass is 14.8. The summed E-state index contributed by atoms with van der Waals surface area (Å²) in [5.41, 5.74) is 7.94. The van der Waals surface area contributed by atoms with Crippen LogP contribution in [-0.4, -0.2) is 6.04 Å². The Morgan fingerprint density at radius 1 is 1.15 bits per heavy atom. The molecular formula is C12H15N. The van der Waals surface area contributed by atoms with Crippen molar-refractivity contribution in [3.05, 3.63) is 35.9 Å². The Morgan fingerprint density at radius 2 is 1.77 bits per heavy atom. The van der Waals surface area contributed by atoms with Gasteiger partial charge in [0.25, 0.3) is 0 Å². The molecule has 1 aromatic carbocycles. The first-order chi connectivity index (χ1) is 6.34. The van der Waals surface area contributed by atoms with E-state index in [0.29, 0.717) is 11.5 Å². The highest BCUT2D eigenvalue weighted by Crippen LogP contribution is 2.61. The van der Waals surface area contributed by atoms with Crippen molar-refractivity contribution >= 4 is 0 Å². The highest BCUT2D eigenvalue weighted by molar-refractivity contribution is 5.38. The molecule has 0 spiro atoms. The van der Waals surface area contributed by atoms with Gasteiger partial charge in [-0.25, -0.2) is 0 Å². The number of nitrogens with two attached hydrogens (primary N) is 1. The Bertz CT molecular complexity index is 315. The maximum absolute atomic E-state index is 6.07. The summed E-state index contributed by atoms with van der Waals surface area (Å²) in [6, 6.07) is 11.3. The molecule has 0 bridgehead atoms. The largest absolute Gasteiger partial charge is 0.327 e. The van der Waals surface area contributed by atoms with E-state index in [-0.39, 0.29) is 0 Å². The second kappa shape index (κ2) is 2.36. The summed E-state index contributed by atoms with van der Waals surface area (Å²) in [5.74, 6) is 0.893. The highest BCUT2D eigenvalue weighted by Gasteiger charge is 2.61. The van der Waals surface area contributed by atoms with Crippen molar-refractivity contribution in [3.8, 4) is 0 Å². The van der Waals surface area contributed by atoms with Crippen molar-refractivity contribution < 1.29 is 0 Å². The van der Waals surface area contributed by atoms with E-state index >= 15 is 0 Å². The number of benzene rings is 1. The molecule has 0 saturated heterocycles. The molecule has 2 aliphatic rings. The summed E-state index contributed by atoms with van der Waals surface area (Å²) >= 11 is 0. The van der Waals surface area contributed by atoms with Gasteiger partial charge >= 0.3 is 0 Å². The van der Waals surface area contributed by atoms with Crippen LogP contribution in [0.25, 0.3) is 0 Å². The lowest BCUT2D eigenvalue weighted by atomic mass is 9.90. The van der Waals surface area contributed by atoms with Crippen LogP contribution in [-0.2, 0) is 5.41 Å². The smallest absolute Gasteiger partial charge is 0.0149 e. The standard InChI is InChI=1S/C12H15N/c13-11-8-12(11,10-6-7-10)9-4-2-1-3-5-9/h1-5,10-11H,6-8,13H2/t11-,12?/m1/s1.